The topological polar surface area (TPSA) is 75.6 Å². The van der Waals surface area contributed by atoms with Gasteiger partial charge in [-0.25, -0.2) is 4.79 Å². The molecule has 0 spiro atoms. The second kappa shape index (κ2) is 5.84. The molecule has 5 nitrogen and oxygen atoms in total. The minimum Gasteiger partial charge on any atom is -0.478 e. The zero-order chi connectivity index (χ0) is 14.6. The highest BCUT2D eigenvalue weighted by Gasteiger charge is 2.21. The molecule has 0 atom stereocenters. The molecular weight excluding hydrogens is 246 g/mol. The first-order chi connectivity index (χ1) is 8.75. The number of amides is 1. The van der Waals surface area contributed by atoms with Crippen molar-refractivity contribution >= 4 is 17.6 Å². The van der Waals surface area contributed by atoms with Crippen LogP contribution in [0.15, 0.2) is 18.2 Å². The van der Waals surface area contributed by atoms with Gasteiger partial charge in [0.2, 0.25) is 5.91 Å². The molecule has 0 heterocycles. The van der Waals surface area contributed by atoms with Crippen molar-refractivity contribution in [3.05, 3.63) is 29.3 Å². The number of anilines is 1. The lowest BCUT2D eigenvalue weighted by Gasteiger charge is -2.22. The maximum Gasteiger partial charge on any atom is 0.335 e. The molecule has 104 valence electrons. The van der Waals surface area contributed by atoms with E-state index in [0.29, 0.717) is 11.3 Å². The molecule has 0 unspecified atom stereocenters. The largest absolute Gasteiger partial charge is 0.478 e. The molecule has 2 N–H and O–H groups in total. The summed E-state index contributed by atoms with van der Waals surface area (Å²) in [6.07, 6.45) is 0.226. The van der Waals surface area contributed by atoms with E-state index in [-0.39, 0.29) is 17.9 Å². The van der Waals surface area contributed by atoms with Gasteiger partial charge in [-0.05, 0) is 44.5 Å². The maximum absolute atomic E-state index is 11.9. The van der Waals surface area contributed by atoms with E-state index in [1.54, 1.807) is 20.1 Å². The third-order valence-corrected chi connectivity index (χ3v) is 2.89. The number of rotatable bonds is 5. The molecule has 1 rings (SSSR count). The summed E-state index contributed by atoms with van der Waals surface area (Å²) < 4.78 is 5.19. The molecular formula is C14H19NO4. The van der Waals surface area contributed by atoms with Gasteiger partial charge in [0.25, 0.3) is 0 Å². The molecule has 19 heavy (non-hydrogen) atoms. The molecule has 0 aliphatic heterocycles. The number of nitrogens with one attached hydrogen (secondary N) is 1. The van der Waals surface area contributed by atoms with Gasteiger partial charge in [-0.15, -0.1) is 0 Å². The summed E-state index contributed by atoms with van der Waals surface area (Å²) in [4.78, 5) is 22.7. The molecule has 1 aromatic carbocycles. The van der Waals surface area contributed by atoms with E-state index >= 15 is 0 Å². The number of carbonyl (C=O) groups is 2. The number of benzene rings is 1. The van der Waals surface area contributed by atoms with Crippen molar-refractivity contribution in [2.24, 2.45) is 0 Å². The van der Waals surface area contributed by atoms with E-state index in [1.807, 2.05) is 13.8 Å². The lowest BCUT2D eigenvalue weighted by molar-refractivity contribution is -0.121. The van der Waals surface area contributed by atoms with Gasteiger partial charge in [0.1, 0.15) is 0 Å². The van der Waals surface area contributed by atoms with Gasteiger partial charge in [-0.2, -0.15) is 0 Å². The Morgan fingerprint density at radius 2 is 2.00 bits per heavy atom. The van der Waals surface area contributed by atoms with Crippen LogP contribution in [0.2, 0.25) is 0 Å². The molecule has 0 saturated carbocycles. The highest BCUT2D eigenvalue weighted by Crippen LogP contribution is 2.19. The average Bonchev–Trinajstić information content (AvgIpc) is 2.30. The number of carboxylic acid groups (broad SMARTS) is 1. The zero-order valence-electron chi connectivity index (χ0n) is 11.6. The quantitative estimate of drug-likeness (QED) is 0.857. The van der Waals surface area contributed by atoms with Crippen molar-refractivity contribution in [3.8, 4) is 0 Å². The van der Waals surface area contributed by atoms with E-state index in [1.165, 1.54) is 12.1 Å². The molecule has 0 fully saturated rings. The van der Waals surface area contributed by atoms with Crippen molar-refractivity contribution in [2.45, 2.75) is 32.8 Å². The normalized spacial score (nSPS) is 11.2. The monoisotopic (exact) mass is 265 g/mol. The first-order valence-electron chi connectivity index (χ1n) is 5.94. The molecule has 0 bridgehead atoms. The Balaban J connectivity index is 2.78. The van der Waals surface area contributed by atoms with Gasteiger partial charge in [0.05, 0.1) is 17.6 Å². The first-order valence-corrected chi connectivity index (χ1v) is 5.94. The Bertz CT molecular complexity index is 494. The molecule has 0 aromatic heterocycles. The second-order valence-corrected chi connectivity index (χ2v) is 5.02. The van der Waals surface area contributed by atoms with E-state index < -0.39 is 11.6 Å². The lowest BCUT2D eigenvalue weighted by atomic mass is 10.0. The zero-order valence-corrected chi connectivity index (χ0v) is 11.6. The van der Waals surface area contributed by atoms with Gasteiger partial charge < -0.3 is 15.2 Å². The summed E-state index contributed by atoms with van der Waals surface area (Å²) in [6.45, 7) is 5.41. The molecule has 0 radical (unpaired) electrons. The molecule has 0 aliphatic rings. The summed E-state index contributed by atoms with van der Waals surface area (Å²) in [7, 11) is 1.56. The molecule has 5 heteroatoms. The lowest BCUT2D eigenvalue weighted by Crippen LogP contribution is -2.29. The molecule has 0 aliphatic carbocycles. The Morgan fingerprint density at radius 1 is 1.37 bits per heavy atom. The van der Waals surface area contributed by atoms with Crippen LogP contribution in [0, 0.1) is 6.92 Å². The highest BCUT2D eigenvalue weighted by molar-refractivity contribution is 5.93. The predicted molar refractivity (Wildman–Crippen MR) is 72.5 cm³/mol. The van der Waals surface area contributed by atoms with Crippen LogP contribution in [0.5, 0.6) is 0 Å². The van der Waals surface area contributed by atoms with Crippen LogP contribution >= 0.6 is 0 Å². The van der Waals surface area contributed by atoms with Gasteiger partial charge in [-0.1, -0.05) is 0 Å². The number of hydrogen-bond donors (Lipinski definition) is 2. The van der Waals surface area contributed by atoms with Gasteiger partial charge in [-0.3, -0.25) is 4.79 Å². The third-order valence-electron chi connectivity index (χ3n) is 2.89. The summed E-state index contributed by atoms with van der Waals surface area (Å²) in [5, 5.41) is 11.6. The minimum absolute atomic E-state index is 0.168. The van der Waals surface area contributed by atoms with E-state index in [2.05, 4.69) is 5.32 Å². The van der Waals surface area contributed by atoms with E-state index in [4.69, 9.17) is 9.84 Å². The average molecular weight is 265 g/mol. The van der Waals surface area contributed by atoms with Crippen LogP contribution in [0.4, 0.5) is 5.69 Å². The number of aryl methyl sites for hydroxylation is 1. The maximum atomic E-state index is 11.9. The van der Waals surface area contributed by atoms with E-state index in [9.17, 15) is 9.59 Å². The van der Waals surface area contributed by atoms with Crippen LogP contribution in [0.1, 0.15) is 36.2 Å². The van der Waals surface area contributed by atoms with Gasteiger partial charge in [0.15, 0.2) is 0 Å². The van der Waals surface area contributed by atoms with Crippen molar-refractivity contribution in [3.63, 3.8) is 0 Å². The Hall–Kier alpha value is -1.88. The second-order valence-electron chi connectivity index (χ2n) is 5.02. The molecule has 1 amide bonds. The summed E-state index contributed by atoms with van der Waals surface area (Å²) >= 11 is 0. The van der Waals surface area contributed by atoms with Crippen LogP contribution in [0.25, 0.3) is 0 Å². The fourth-order valence-electron chi connectivity index (χ4n) is 1.59. The van der Waals surface area contributed by atoms with Crippen molar-refractivity contribution < 1.29 is 19.4 Å². The fraction of sp³-hybridized carbons (Fsp3) is 0.429. The highest BCUT2D eigenvalue weighted by atomic mass is 16.5. The smallest absolute Gasteiger partial charge is 0.335 e. The summed E-state index contributed by atoms with van der Waals surface area (Å²) in [5.74, 6) is -1.15. The Kier molecular flexibility index (Phi) is 4.67. The van der Waals surface area contributed by atoms with Crippen LogP contribution in [-0.2, 0) is 9.53 Å². The first kappa shape index (κ1) is 15.2. The van der Waals surface area contributed by atoms with Gasteiger partial charge in [0, 0.05) is 12.8 Å². The van der Waals surface area contributed by atoms with Crippen LogP contribution in [0.3, 0.4) is 0 Å². The van der Waals surface area contributed by atoms with Crippen molar-refractivity contribution in [2.75, 3.05) is 12.4 Å². The standard InChI is InChI=1S/C14H19NO4/c1-9-7-10(13(17)18)5-6-11(9)15-12(16)8-14(2,3)19-4/h5-7H,8H2,1-4H3,(H,15,16)(H,17,18). The number of aromatic carboxylic acids is 1. The van der Waals surface area contributed by atoms with Crippen LogP contribution in [-0.4, -0.2) is 29.7 Å². The number of carbonyl (C=O) groups excluding carboxylic acids is 1. The van der Waals surface area contributed by atoms with Gasteiger partial charge >= 0.3 is 5.97 Å². The number of ether oxygens (including phenoxy) is 1. The minimum atomic E-state index is -0.985. The molecule has 0 saturated heterocycles. The number of carboxylic acids is 1. The fourth-order valence-corrected chi connectivity index (χ4v) is 1.59. The van der Waals surface area contributed by atoms with Crippen molar-refractivity contribution in [1.82, 2.24) is 0 Å². The predicted octanol–water partition coefficient (Wildman–Crippen LogP) is 2.45. The Morgan fingerprint density at radius 3 is 2.47 bits per heavy atom. The molecule has 1 aromatic rings. The third kappa shape index (κ3) is 4.37. The number of methoxy groups -OCH3 is 1. The SMILES string of the molecule is COC(C)(C)CC(=O)Nc1ccc(C(=O)O)cc1C. The van der Waals surface area contributed by atoms with Crippen molar-refractivity contribution in [1.29, 1.82) is 0 Å². The Labute approximate surface area is 112 Å². The van der Waals surface area contributed by atoms with E-state index in [0.717, 1.165) is 0 Å². The van der Waals surface area contributed by atoms with Crippen LogP contribution < -0.4 is 5.32 Å². The summed E-state index contributed by atoms with van der Waals surface area (Å²) in [5.41, 5.74) is 0.997. The summed E-state index contributed by atoms with van der Waals surface area (Å²) in [6, 6.07) is 4.59. The number of hydrogen-bond acceptors (Lipinski definition) is 3.